The first-order valence-corrected chi connectivity index (χ1v) is 11.8. The van der Waals surface area contributed by atoms with E-state index in [2.05, 4.69) is 68.1 Å². The van der Waals surface area contributed by atoms with Gasteiger partial charge in [-0.05, 0) is 34.7 Å². The van der Waals surface area contributed by atoms with E-state index in [1.54, 1.807) is 9.80 Å². The van der Waals surface area contributed by atoms with Crippen LogP contribution in [-0.4, -0.2) is 46.4 Å². The Morgan fingerprint density at radius 3 is 2.52 bits per heavy atom. The van der Waals surface area contributed by atoms with E-state index in [4.69, 9.17) is 0 Å². The summed E-state index contributed by atoms with van der Waals surface area (Å²) in [5.74, 6) is 1.07. The number of thiophene rings is 1. The molecule has 1 saturated heterocycles. The lowest BCUT2D eigenvalue weighted by molar-refractivity contribution is -1.03. The SMILES string of the molecule is c1ccc(C[NH+]2CC[NH+]([C@H](c3cccs3)c3nnnn3C3CCCC3)CC2)cc1. The van der Waals surface area contributed by atoms with E-state index >= 15 is 0 Å². The molecule has 6 nitrogen and oxygen atoms in total. The van der Waals surface area contributed by atoms with E-state index < -0.39 is 0 Å². The zero-order valence-electron chi connectivity index (χ0n) is 16.8. The number of aromatic nitrogens is 4. The molecule has 3 heterocycles. The number of quaternary nitrogens is 2. The van der Waals surface area contributed by atoms with E-state index in [1.165, 1.54) is 49.2 Å². The van der Waals surface area contributed by atoms with E-state index in [-0.39, 0.29) is 6.04 Å². The molecule has 1 aliphatic heterocycles. The van der Waals surface area contributed by atoms with Crippen LogP contribution in [0.1, 0.15) is 54.0 Å². The zero-order valence-corrected chi connectivity index (χ0v) is 17.7. The van der Waals surface area contributed by atoms with Gasteiger partial charge in [-0.25, -0.2) is 4.68 Å². The molecule has 7 heteroatoms. The van der Waals surface area contributed by atoms with Crippen molar-refractivity contribution in [2.75, 3.05) is 26.2 Å². The Morgan fingerprint density at radius 2 is 1.79 bits per heavy atom. The second-order valence-electron chi connectivity index (χ2n) is 8.44. The molecule has 152 valence electrons. The van der Waals surface area contributed by atoms with E-state index in [1.807, 2.05) is 11.3 Å². The van der Waals surface area contributed by atoms with Crippen LogP contribution >= 0.6 is 11.3 Å². The number of nitrogens with zero attached hydrogens (tertiary/aromatic N) is 4. The molecule has 0 spiro atoms. The van der Waals surface area contributed by atoms with Crippen LogP contribution in [0.15, 0.2) is 47.8 Å². The molecule has 29 heavy (non-hydrogen) atoms. The van der Waals surface area contributed by atoms with Gasteiger partial charge in [-0.3, -0.25) is 0 Å². The van der Waals surface area contributed by atoms with Gasteiger partial charge in [0.05, 0.1) is 10.9 Å². The van der Waals surface area contributed by atoms with Gasteiger partial charge >= 0.3 is 0 Å². The second kappa shape index (κ2) is 8.73. The van der Waals surface area contributed by atoms with Gasteiger partial charge in [-0.2, -0.15) is 0 Å². The van der Waals surface area contributed by atoms with Crippen molar-refractivity contribution in [2.24, 2.45) is 0 Å². The minimum absolute atomic E-state index is 0.254. The molecule has 5 rings (SSSR count). The Morgan fingerprint density at radius 1 is 1.00 bits per heavy atom. The van der Waals surface area contributed by atoms with Crippen LogP contribution < -0.4 is 9.80 Å². The molecule has 2 fully saturated rings. The van der Waals surface area contributed by atoms with Crippen molar-refractivity contribution >= 4 is 11.3 Å². The Bertz CT molecular complexity index is 879. The first-order valence-electron chi connectivity index (χ1n) is 10.9. The maximum Gasteiger partial charge on any atom is 0.215 e. The van der Waals surface area contributed by atoms with Crippen LogP contribution in [0.3, 0.4) is 0 Å². The fourth-order valence-electron chi connectivity index (χ4n) is 5.04. The van der Waals surface area contributed by atoms with Crippen molar-refractivity contribution in [3.05, 3.63) is 64.1 Å². The lowest BCUT2D eigenvalue weighted by atomic mass is 10.1. The highest BCUT2D eigenvalue weighted by Gasteiger charge is 2.37. The van der Waals surface area contributed by atoms with Crippen LogP contribution in [0, 0.1) is 0 Å². The molecule has 0 radical (unpaired) electrons. The summed E-state index contributed by atoms with van der Waals surface area (Å²) in [6, 6.07) is 16.0. The molecule has 2 aliphatic rings. The van der Waals surface area contributed by atoms with E-state index in [9.17, 15) is 0 Å². The summed E-state index contributed by atoms with van der Waals surface area (Å²) in [6.45, 7) is 5.82. The Labute approximate surface area is 176 Å². The molecule has 2 aromatic heterocycles. The number of nitrogens with one attached hydrogen (secondary N) is 2. The smallest absolute Gasteiger partial charge is 0.215 e. The molecular weight excluding hydrogens is 380 g/mol. The number of rotatable bonds is 6. The highest BCUT2D eigenvalue weighted by Crippen LogP contribution is 2.31. The van der Waals surface area contributed by atoms with Crippen molar-refractivity contribution in [1.82, 2.24) is 20.2 Å². The normalized spacial score (nSPS) is 24.0. The Kier molecular flexibility index (Phi) is 5.69. The number of hydrogen-bond donors (Lipinski definition) is 2. The number of piperazine rings is 1. The minimum Gasteiger partial charge on any atom is -0.322 e. The van der Waals surface area contributed by atoms with Crippen molar-refractivity contribution in [2.45, 2.75) is 44.3 Å². The fraction of sp³-hybridized carbons (Fsp3) is 0.500. The maximum atomic E-state index is 4.56. The summed E-state index contributed by atoms with van der Waals surface area (Å²) >= 11 is 1.84. The third kappa shape index (κ3) is 4.13. The highest BCUT2D eigenvalue weighted by molar-refractivity contribution is 7.10. The molecule has 2 N–H and O–H groups in total. The summed E-state index contributed by atoms with van der Waals surface area (Å²) in [4.78, 5) is 4.68. The molecule has 1 saturated carbocycles. The molecule has 1 atom stereocenters. The number of hydrogen-bond acceptors (Lipinski definition) is 4. The van der Waals surface area contributed by atoms with Crippen LogP contribution in [0.2, 0.25) is 0 Å². The average Bonchev–Trinajstić information content (AvgIpc) is 3.53. The van der Waals surface area contributed by atoms with Crippen LogP contribution in [0.5, 0.6) is 0 Å². The van der Waals surface area contributed by atoms with Gasteiger partial charge < -0.3 is 9.80 Å². The topological polar surface area (TPSA) is 52.5 Å². The van der Waals surface area contributed by atoms with Crippen LogP contribution in [-0.2, 0) is 6.54 Å². The first kappa shape index (κ1) is 18.9. The quantitative estimate of drug-likeness (QED) is 0.636. The van der Waals surface area contributed by atoms with Crippen molar-refractivity contribution in [3.8, 4) is 0 Å². The standard InChI is InChI=1S/C22H28N6S/c1-2-7-18(8-3-1)17-26-12-14-27(15-13-26)21(20-11-6-16-29-20)22-23-24-25-28(22)19-9-4-5-10-19/h1-3,6-8,11,16,19,21H,4-5,9-10,12-15,17H2/p+2/t21-/m1/s1. The highest BCUT2D eigenvalue weighted by atomic mass is 32.1. The summed E-state index contributed by atoms with van der Waals surface area (Å²) in [5, 5.41) is 15.3. The first-order chi connectivity index (χ1) is 14.4. The monoisotopic (exact) mass is 410 g/mol. The predicted molar refractivity (Wildman–Crippen MR) is 113 cm³/mol. The van der Waals surface area contributed by atoms with Gasteiger partial charge in [0.15, 0.2) is 6.04 Å². The maximum absolute atomic E-state index is 4.56. The summed E-state index contributed by atoms with van der Waals surface area (Å²) in [5.41, 5.74) is 1.44. The average molecular weight is 411 g/mol. The van der Waals surface area contributed by atoms with Gasteiger partial charge in [-0.15, -0.1) is 16.4 Å². The van der Waals surface area contributed by atoms with Crippen molar-refractivity contribution in [1.29, 1.82) is 0 Å². The summed E-state index contributed by atoms with van der Waals surface area (Å²) < 4.78 is 2.16. The third-order valence-corrected chi connectivity index (χ3v) is 7.52. The lowest BCUT2D eigenvalue weighted by Gasteiger charge is -2.34. The molecule has 1 aliphatic carbocycles. The molecule has 0 amide bonds. The van der Waals surface area contributed by atoms with Gasteiger partial charge in [0.2, 0.25) is 5.82 Å². The van der Waals surface area contributed by atoms with E-state index in [0.29, 0.717) is 6.04 Å². The van der Waals surface area contributed by atoms with Crippen molar-refractivity contribution < 1.29 is 9.80 Å². The third-order valence-electron chi connectivity index (χ3n) is 6.58. The number of tetrazole rings is 1. The van der Waals surface area contributed by atoms with Crippen LogP contribution in [0.4, 0.5) is 0 Å². The Balaban J connectivity index is 1.34. The summed E-state index contributed by atoms with van der Waals surface area (Å²) in [7, 11) is 0. The predicted octanol–water partition coefficient (Wildman–Crippen LogP) is 0.923. The molecule has 3 aromatic rings. The van der Waals surface area contributed by atoms with E-state index in [0.717, 1.165) is 25.5 Å². The molecule has 1 aromatic carbocycles. The zero-order chi connectivity index (χ0) is 19.5. The van der Waals surface area contributed by atoms with Gasteiger partial charge in [0, 0.05) is 5.56 Å². The van der Waals surface area contributed by atoms with Gasteiger partial charge in [-0.1, -0.05) is 49.2 Å². The van der Waals surface area contributed by atoms with Gasteiger partial charge in [0.1, 0.15) is 32.7 Å². The van der Waals surface area contributed by atoms with Gasteiger partial charge in [0.25, 0.3) is 0 Å². The largest absolute Gasteiger partial charge is 0.322 e. The Hall–Kier alpha value is -2.09. The fourth-order valence-corrected chi connectivity index (χ4v) is 5.92. The van der Waals surface area contributed by atoms with Crippen LogP contribution in [0.25, 0.3) is 0 Å². The molecular formula is C22H30N6S+2. The summed E-state index contributed by atoms with van der Waals surface area (Å²) in [6.07, 6.45) is 5.00. The second-order valence-corrected chi connectivity index (χ2v) is 9.42. The minimum atomic E-state index is 0.254. The van der Waals surface area contributed by atoms with Crippen molar-refractivity contribution in [3.63, 3.8) is 0 Å². The number of benzene rings is 1. The lowest BCUT2D eigenvalue weighted by Crippen LogP contribution is -3.27. The molecule has 0 bridgehead atoms. The molecule has 0 unspecified atom stereocenters.